The first-order chi connectivity index (χ1) is 8.58. The fraction of sp³-hybridized carbons (Fsp3) is 0.357. The van der Waals surface area contributed by atoms with Gasteiger partial charge in [-0.25, -0.2) is 4.98 Å². The van der Waals surface area contributed by atoms with E-state index in [1.165, 1.54) is 0 Å². The Morgan fingerprint density at radius 1 is 1.33 bits per heavy atom. The zero-order valence-corrected chi connectivity index (χ0v) is 10.9. The van der Waals surface area contributed by atoms with E-state index in [9.17, 15) is 5.11 Å². The quantitative estimate of drug-likeness (QED) is 0.900. The molecule has 4 nitrogen and oxygen atoms in total. The lowest BCUT2D eigenvalue weighted by Gasteiger charge is -2.14. The lowest BCUT2D eigenvalue weighted by molar-refractivity contribution is 0.204. The molecule has 1 aromatic carbocycles. The van der Waals surface area contributed by atoms with Crippen LogP contribution in [0.3, 0.4) is 0 Å². The molecule has 1 atom stereocenters. The maximum Gasteiger partial charge on any atom is 0.142 e. The molecule has 0 aliphatic heterocycles. The van der Waals surface area contributed by atoms with E-state index in [2.05, 4.69) is 4.98 Å². The highest BCUT2D eigenvalue weighted by atomic mass is 16.5. The van der Waals surface area contributed by atoms with Crippen molar-refractivity contribution in [2.45, 2.75) is 26.1 Å². The molecule has 0 aliphatic carbocycles. The van der Waals surface area contributed by atoms with Crippen LogP contribution < -0.4 is 4.74 Å². The number of hydrogen-bond acceptors (Lipinski definition) is 3. The molecule has 1 heterocycles. The summed E-state index contributed by atoms with van der Waals surface area (Å²) in [6.07, 6.45) is 2.87. The van der Waals surface area contributed by atoms with E-state index in [0.29, 0.717) is 5.82 Å². The Labute approximate surface area is 107 Å². The maximum absolute atomic E-state index is 10.3. The first kappa shape index (κ1) is 12.6. The zero-order valence-electron chi connectivity index (χ0n) is 10.9. The third-order valence-electron chi connectivity index (χ3n) is 2.65. The number of aryl methyl sites for hydroxylation is 1. The minimum atomic E-state index is -0.735. The average molecular weight is 246 g/mol. The highest BCUT2D eigenvalue weighted by Gasteiger charge is 2.15. The summed E-state index contributed by atoms with van der Waals surface area (Å²) in [5, 5.41) is 10.3. The van der Waals surface area contributed by atoms with E-state index in [1.807, 2.05) is 51.4 Å². The summed E-state index contributed by atoms with van der Waals surface area (Å²) in [5.74, 6) is 1.38. The van der Waals surface area contributed by atoms with Crippen LogP contribution in [0.15, 0.2) is 36.7 Å². The van der Waals surface area contributed by atoms with Gasteiger partial charge in [-0.15, -0.1) is 0 Å². The van der Waals surface area contributed by atoms with E-state index >= 15 is 0 Å². The van der Waals surface area contributed by atoms with Crippen LogP contribution in [-0.4, -0.2) is 20.8 Å². The van der Waals surface area contributed by atoms with Gasteiger partial charge in [0.05, 0.1) is 6.10 Å². The summed E-state index contributed by atoms with van der Waals surface area (Å²) in [5.41, 5.74) is 0.780. The Morgan fingerprint density at radius 3 is 2.72 bits per heavy atom. The molecule has 1 N–H and O–H groups in total. The number of aliphatic hydroxyl groups excluding tert-OH is 1. The van der Waals surface area contributed by atoms with E-state index in [4.69, 9.17) is 4.74 Å². The van der Waals surface area contributed by atoms with Crippen LogP contribution in [0.25, 0.3) is 0 Å². The first-order valence-electron chi connectivity index (χ1n) is 6.00. The van der Waals surface area contributed by atoms with Crippen molar-refractivity contribution in [3.05, 3.63) is 48.0 Å². The SMILES string of the molecule is CC(C)Oc1cccc(C(O)c2nccn2C)c1. The van der Waals surface area contributed by atoms with Gasteiger partial charge in [0.2, 0.25) is 0 Å². The third-order valence-corrected chi connectivity index (χ3v) is 2.65. The van der Waals surface area contributed by atoms with Crippen LogP contribution in [0, 0.1) is 0 Å². The normalized spacial score (nSPS) is 12.7. The third kappa shape index (κ3) is 2.71. The van der Waals surface area contributed by atoms with Crippen molar-refractivity contribution in [3.63, 3.8) is 0 Å². The summed E-state index contributed by atoms with van der Waals surface area (Å²) in [4.78, 5) is 4.15. The van der Waals surface area contributed by atoms with E-state index in [-0.39, 0.29) is 6.10 Å². The molecule has 2 aromatic rings. The van der Waals surface area contributed by atoms with Crippen molar-refractivity contribution in [2.24, 2.45) is 7.05 Å². The lowest BCUT2D eigenvalue weighted by Crippen LogP contribution is -2.09. The number of aliphatic hydroxyl groups is 1. The number of imidazole rings is 1. The van der Waals surface area contributed by atoms with Crippen molar-refractivity contribution in [3.8, 4) is 5.75 Å². The van der Waals surface area contributed by atoms with Crippen molar-refractivity contribution >= 4 is 0 Å². The van der Waals surface area contributed by atoms with Gasteiger partial charge >= 0.3 is 0 Å². The Balaban J connectivity index is 2.25. The van der Waals surface area contributed by atoms with Crippen LogP contribution in [0.5, 0.6) is 5.75 Å². The van der Waals surface area contributed by atoms with E-state index in [1.54, 1.807) is 10.8 Å². The first-order valence-corrected chi connectivity index (χ1v) is 6.00. The molecule has 4 heteroatoms. The van der Waals surface area contributed by atoms with Gasteiger partial charge in [-0.1, -0.05) is 12.1 Å². The zero-order chi connectivity index (χ0) is 13.1. The second-order valence-electron chi connectivity index (χ2n) is 4.54. The molecule has 0 amide bonds. The second kappa shape index (κ2) is 5.23. The van der Waals surface area contributed by atoms with Gasteiger partial charge in [-0.05, 0) is 31.5 Å². The fourth-order valence-corrected chi connectivity index (χ4v) is 1.82. The highest BCUT2D eigenvalue weighted by molar-refractivity contribution is 5.32. The molecular weight excluding hydrogens is 228 g/mol. The number of benzene rings is 1. The predicted octanol–water partition coefficient (Wildman–Crippen LogP) is 2.29. The molecule has 0 bridgehead atoms. The van der Waals surface area contributed by atoms with Crippen LogP contribution in [0.2, 0.25) is 0 Å². The minimum absolute atomic E-state index is 0.116. The van der Waals surface area contributed by atoms with Gasteiger partial charge < -0.3 is 14.4 Å². The summed E-state index contributed by atoms with van der Waals surface area (Å²) < 4.78 is 7.42. The number of nitrogens with zero attached hydrogens (tertiary/aromatic N) is 2. The number of aromatic nitrogens is 2. The van der Waals surface area contributed by atoms with Crippen molar-refractivity contribution in [2.75, 3.05) is 0 Å². The maximum atomic E-state index is 10.3. The minimum Gasteiger partial charge on any atom is -0.491 e. The summed E-state index contributed by atoms with van der Waals surface area (Å²) in [7, 11) is 1.86. The van der Waals surface area contributed by atoms with Gasteiger partial charge in [0.15, 0.2) is 0 Å². The Kier molecular flexibility index (Phi) is 3.67. The molecule has 0 saturated carbocycles. The monoisotopic (exact) mass is 246 g/mol. The smallest absolute Gasteiger partial charge is 0.142 e. The molecule has 96 valence electrons. The largest absolute Gasteiger partial charge is 0.491 e. The van der Waals surface area contributed by atoms with Gasteiger partial charge in [0.1, 0.15) is 17.7 Å². The standard InChI is InChI=1S/C14H18N2O2/c1-10(2)18-12-6-4-5-11(9-12)13(17)14-15-7-8-16(14)3/h4-10,13,17H,1-3H3. The van der Waals surface area contributed by atoms with Crippen LogP contribution in [0.4, 0.5) is 0 Å². The van der Waals surface area contributed by atoms with Crippen molar-refractivity contribution < 1.29 is 9.84 Å². The van der Waals surface area contributed by atoms with Crippen molar-refractivity contribution in [1.29, 1.82) is 0 Å². The number of ether oxygens (including phenoxy) is 1. The van der Waals surface area contributed by atoms with Crippen LogP contribution in [-0.2, 0) is 7.05 Å². The van der Waals surface area contributed by atoms with Crippen LogP contribution in [0.1, 0.15) is 31.3 Å². The number of hydrogen-bond donors (Lipinski definition) is 1. The molecule has 0 radical (unpaired) electrons. The lowest BCUT2D eigenvalue weighted by atomic mass is 10.1. The predicted molar refractivity (Wildman–Crippen MR) is 69.5 cm³/mol. The summed E-state index contributed by atoms with van der Waals surface area (Å²) >= 11 is 0. The number of rotatable bonds is 4. The van der Waals surface area contributed by atoms with Gasteiger partial charge in [-0.2, -0.15) is 0 Å². The Morgan fingerprint density at radius 2 is 2.11 bits per heavy atom. The van der Waals surface area contributed by atoms with Gasteiger partial charge in [-0.3, -0.25) is 0 Å². The van der Waals surface area contributed by atoms with Crippen molar-refractivity contribution in [1.82, 2.24) is 9.55 Å². The molecule has 18 heavy (non-hydrogen) atoms. The molecule has 0 spiro atoms. The molecule has 1 unspecified atom stereocenters. The molecule has 0 saturated heterocycles. The molecule has 1 aromatic heterocycles. The molecule has 2 rings (SSSR count). The molecular formula is C14H18N2O2. The topological polar surface area (TPSA) is 47.3 Å². The highest BCUT2D eigenvalue weighted by Crippen LogP contribution is 2.24. The Hall–Kier alpha value is -1.81. The second-order valence-corrected chi connectivity index (χ2v) is 4.54. The van der Waals surface area contributed by atoms with E-state index in [0.717, 1.165) is 11.3 Å². The summed E-state index contributed by atoms with van der Waals surface area (Å²) in [6, 6.07) is 7.47. The molecule has 0 aliphatic rings. The van der Waals surface area contributed by atoms with Gasteiger partial charge in [0, 0.05) is 19.4 Å². The molecule has 0 fully saturated rings. The average Bonchev–Trinajstić information content (AvgIpc) is 2.74. The summed E-state index contributed by atoms with van der Waals surface area (Å²) in [6.45, 7) is 3.95. The van der Waals surface area contributed by atoms with E-state index < -0.39 is 6.10 Å². The van der Waals surface area contributed by atoms with Gasteiger partial charge in [0.25, 0.3) is 0 Å². The van der Waals surface area contributed by atoms with Crippen LogP contribution >= 0.6 is 0 Å². The Bertz CT molecular complexity index is 520. The fourth-order valence-electron chi connectivity index (χ4n) is 1.82.